The molecule has 3 aromatic rings. The highest BCUT2D eigenvalue weighted by Gasteiger charge is 2.33. The first kappa shape index (κ1) is 30.5. The first-order valence-corrected chi connectivity index (χ1v) is 14.8. The molecule has 0 aromatic heterocycles. The van der Waals surface area contributed by atoms with Crippen molar-refractivity contribution in [1.82, 2.24) is 10.2 Å². The minimum Gasteiger partial charge on any atom is -0.354 e. The Hall–Kier alpha value is -3.07. The van der Waals surface area contributed by atoms with Crippen molar-refractivity contribution < 1.29 is 18.0 Å². The molecular formula is C29H33Cl2N3O4S. The molecule has 0 saturated carbocycles. The van der Waals surface area contributed by atoms with E-state index in [0.29, 0.717) is 33.4 Å². The summed E-state index contributed by atoms with van der Waals surface area (Å²) in [5.41, 5.74) is 1.50. The maximum absolute atomic E-state index is 14.0. The molecule has 0 saturated heterocycles. The Morgan fingerprint density at radius 1 is 0.872 bits per heavy atom. The number of nitrogens with zero attached hydrogens (tertiary/aromatic N) is 2. The van der Waals surface area contributed by atoms with Crippen molar-refractivity contribution in [2.75, 3.05) is 17.4 Å². The predicted molar refractivity (Wildman–Crippen MR) is 156 cm³/mol. The molecule has 7 nitrogen and oxygen atoms in total. The van der Waals surface area contributed by atoms with Crippen molar-refractivity contribution in [3.8, 4) is 0 Å². The van der Waals surface area contributed by atoms with E-state index in [0.717, 1.165) is 4.31 Å². The monoisotopic (exact) mass is 589 g/mol. The van der Waals surface area contributed by atoms with E-state index in [2.05, 4.69) is 5.32 Å². The van der Waals surface area contributed by atoms with Crippen molar-refractivity contribution in [3.63, 3.8) is 0 Å². The molecule has 0 aliphatic carbocycles. The van der Waals surface area contributed by atoms with Gasteiger partial charge in [0.25, 0.3) is 10.0 Å². The maximum Gasteiger partial charge on any atom is 0.264 e. The van der Waals surface area contributed by atoms with Crippen LogP contribution in [0.2, 0.25) is 10.0 Å². The largest absolute Gasteiger partial charge is 0.354 e. The fourth-order valence-electron chi connectivity index (χ4n) is 3.97. The lowest BCUT2D eigenvalue weighted by atomic mass is 10.1. The van der Waals surface area contributed by atoms with Crippen molar-refractivity contribution in [3.05, 3.63) is 94.0 Å². The highest BCUT2D eigenvalue weighted by molar-refractivity contribution is 7.92. The summed E-state index contributed by atoms with van der Waals surface area (Å²) in [5, 5.41) is 3.52. The Labute approximate surface area is 240 Å². The summed E-state index contributed by atoms with van der Waals surface area (Å²) in [6.45, 7) is 7.11. The fourth-order valence-corrected chi connectivity index (χ4v) is 5.98. The number of rotatable bonds is 11. The number of carbonyl (C=O) groups excluding carboxylic acids is 2. The molecule has 208 valence electrons. The molecule has 3 aromatic carbocycles. The number of para-hydroxylation sites is 1. The first-order valence-electron chi connectivity index (χ1n) is 12.6. The van der Waals surface area contributed by atoms with Gasteiger partial charge in [0.1, 0.15) is 12.6 Å². The SMILES string of the molecule is Cc1ccccc1N(CC(=O)N(Cc1c(Cl)cccc1Cl)C(C)C(=O)NCC(C)C)S(=O)(=O)c1ccccc1. The number of sulfonamides is 1. The summed E-state index contributed by atoms with van der Waals surface area (Å²) < 4.78 is 28.7. The lowest BCUT2D eigenvalue weighted by molar-refractivity contribution is -0.139. The van der Waals surface area contributed by atoms with E-state index in [1.807, 2.05) is 13.8 Å². The van der Waals surface area contributed by atoms with Gasteiger partial charge in [0.05, 0.1) is 10.6 Å². The number of nitrogens with one attached hydrogen (secondary N) is 1. The normalized spacial score (nSPS) is 12.2. The van der Waals surface area contributed by atoms with Gasteiger partial charge in [-0.05, 0) is 55.7 Å². The predicted octanol–water partition coefficient (Wildman–Crippen LogP) is 5.69. The molecule has 0 spiro atoms. The number of hydrogen-bond donors (Lipinski definition) is 1. The van der Waals surface area contributed by atoms with E-state index >= 15 is 0 Å². The standard InChI is InChI=1S/C29H33Cl2N3O4S/c1-20(2)17-32-29(36)22(4)33(18-24-25(30)14-10-15-26(24)31)28(35)19-34(27-16-9-8-11-21(27)3)39(37,38)23-12-6-5-7-13-23/h5-16,20,22H,17-19H2,1-4H3,(H,32,36). The Morgan fingerprint density at radius 3 is 2.05 bits per heavy atom. The van der Waals surface area contributed by atoms with Gasteiger partial charge < -0.3 is 10.2 Å². The van der Waals surface area contributed by atoms with Crippen LogP contribution in [0, 0.1) is 12.8 Å². The van der Waals surface area contributed by atoms with Crippen molar-refractivity contribution >= 4 is 50.7 Å². The van der Waals surface area contributed by atoms with Crippen molar-refractivity contribution in [1.29, 1.82) is 0 Å². The molecule has 0 aliphatic heterocycles. The number of benzene rings is 3. The van der Waals surface area contributed by atoms with Gasteiger partial charge in [0.15, 0.2) is 0 Å². The third kappa shape index (κ3) is 7.53. The van der Waals surface area contributed by atoms with Crippen LogP contribution in [0.1, 0.15) is 31.9 Å². The zero-order valence-electron chi connectivity index (χ0n) is 22.4. The number of carbonyl (C=O) groups is 2. The molecule has 3 rings (SSSR count). The molecule has 10 heteroatoms. The van der Waals surface area contributed by atoms with Crippen LogP contribution >= 0.6 is 23.2 Å². The molecule has 0 radical (unpaired) electrons. The number of amides is 2. The Bertz CT molecular complexity index is 1390. The van der Waals surface area contributed by atoms with Gasteiger partial charge >= 0.3 is 0 Å². The molecule has 0 heterocycles. The van der Waals surface area contributed by atoms with Gasteiger partial charge in [-0.15, -0.1) is 0 Å². The number of anilines is 1. The summed E-state index contributed by atoms with van der Waals surface area (Å²) >= 11 is 12.8. The van der Waals surface area contributed by atoms with Crippen LogP contribution in [0.15, 0.2) is 77.7 Å². The molecule has 0 fully saturated rings. The van der Waals surface area contributed by atoms with Crippen molar-refractivity contribution in [2.45, 2.75) is 45.2 Å². The van der Waals surface area contributed by atoms with Gasteiger partial charge in [-0.3, -0.25) is 13.9 Å². The second-order valence-corrected chi connectivity index (χ2v) is 12.3. The third-order valence-electron chi connectivity index (χ3n) is 6.24. The zero-order chi connectivity index (χ0) is 28.7. The second-order valence-electron chi connectivity index (χ2n) is 9.65. The smallest absolute Gasteiger partial charge is 0.264 e. The minimum absolute atomic E-state index is 0.0458. The lowest BCUT2D eigenvalue weighted by Gasteiger charge is -2.33. The number of hydrogen-bond acceptors (Lipinski definition) is 4. The van der Waals surface area contributed by atoms with Crippen LogP contribution in [-0.2, 0) is 26.2 Å². The quantitative estimate of drug-likeness (QED) is 0.311. The second kappa shape index (κ2) is 13.3. The summed E-state index contributed by atoms with van der Waals surface area (Å²) in [6, 6.07) is 18.9. The minimum atomic E-state index is -4.13. The van der Waals surface area contributed by atoms with E-state index in [9.17, 15) is 18.0 Å². The van der Waals surface area contributed by atoms with Crippen LogP contribution in [0.5, 0.6) is 0 Å². The van der Waals surface area contributed by atoms with Gasteiger partial charge in [0.2, 0.25) is 11.8 Å². The van der Waals surface area contributed by atoms with E-state index in [1.54, 1.807) is 74.5 Å². The summed E-state index contributed by atoms with van der Waals surface area (Å²) in [5.74, 6) is -0.745. The first-order chi connectivity index (χ1) is 18.4. The van der Waals surface area contributed by atoms with Gasteiger partial charge in [0, 0.05) is 28.7 Å². The fraction of sp³-hybridized carbons (Fsp3) is 0.310. The molecule has 1 atom stereocenters. The van der Waals surface area contributed by atoms with Crippen LogP contribution < -0.4 is 9.62 Å². The van der Waals surface area contributed by atoms with Gasteiger partial charge in [-0.1, -0.05) is 79.5 Å². The van der Waals surface area contributed by atoms with Crippen LogP contribution in [0.3, 0.4) is 0 Å². The molecule has 0 aliphatic rings. The van der Waals surface area contributed by atoms with E-state index in [1.165, 1.54) is 17.0 Å². The highest BCUT2D eigenvalue weighted by atomic mass is 35.5. The van der Waals surface area contributed by atoms with Crippen molar-refractivity contribution in [2.24, 2.45) is 5.92 Å². The van der Waals surface area contributed by atoms with Gasteiger partial charge in [-0.2, -0.15) is 0 Å². The molecular weight excluding hydrogens is 557 g/mol. The van der Waals surface area contributed by atoms with Crippen LogP contribution in [0.25, 0.3) is 0 Å². The highest BCUT2D eigenvalue weighted by Crippen LogP contribution is 2.29. The third-order valence-corrected chi connectivity index (χ3v) is 8.72. The number of halogens is 2. The molecule has 1 N–H and O–H groups in total. The summed E-state index contributed by atoms with van der Waals surface area (Å²) in [4.78, 5) is 28.4. The zero-order valence-corrected chi connectivity index (χ0v) is 24.7. The molecule has 1 unspecified atom stereocenters. The van der Waals surface area contributed by atoms with E-state index in [-0.39, 0.29) is 23.3 Å². The summed E-state index contributed by atoms with van der Waals surface area (Å²) in [6.07, 6.45) is 0. The van der Waals surface area contributed by atoms with E-state index in [4.69, 9.17) is 23.2 Å². The average Bonchev–Trinajstić information content (AvgIpc) is 2.90. The Balaban J connectivity index is 2.05. The average molecular weight is 591 g/mol. The van der Waals surface area contributed by atoms with Crippen LogP contribution in [0.4, 0.5) is 5.69 Å². The maximum atomic E-state index is 14.0. The lowest BCUT2D eigenvalue weighted by Crippen LogP contribution is -2.51. The molecule has 39 heavy (non-hydrogen) atoms. The Morgan fingerprint density at radius 2 is 1.46 bits per heavy atom. The van der Waals surface area contributed by atoms with Gasteiger partial charge in [-0.25, -0.2) is 8.42 Å². The molecule has 0 bridgehead atoms. The van der Waals surface area contributed by atoms with E-state index < -0.39 is 28.5 Å². The van der Waals surface area contributed by atoms with Crippen LogP contribution in [-0.4, -0.2) is 44.3 Å². The topological polar surface area (TPSA) is 86.8 Å². The Kier molecular flexibility index (Phi) is 10.4. The summed E-state index contributed by atoms with van der Waals surface area (Å²) in [7, 11) is -4.13. The number of aryl methyl sites for hydroxylation is 1. The molecule has 2 amide bonds.